The zero-order valence-corrected chi connectivity index (χ0v) is 24.5. The maximum Gasteiger partial charge on any atom is 0.168 e. The van der Waals surface area contributed by atoms with Crippen LogP contribution in [0.1, 0.15) is 79.9 Å². The van der Waals surface area contributed by atoms with Crippen LogP contribution in [0.5, 0.6) is 0 Å². The highest BCUT2D eigenvalue weighted by Gasteiger charge is 2.25. The fraction of sp³-hybridized carbons (Fsp3) is 0.500. The number of piperidine rings is 2. The predicted octanol–water partition coefficient (Wildman–Crippen LogP) is 6.27. The van der Waals surface area contributed by atoms with Gasteiger partial charge in [0, 0.05) is 91.4 Å². The summed E-state index contributed by atoms with van der Waals surface area (Å²) in [5.41, 5.74) is 7.29. The minimum atomic E-state index is -0.169. The molecule has 2 N–H and O–H groups in total. The molecule has 3 aromatic rings. The van der Waals surface area contributed by atoms with Crippen molar-refractivity contribution in [2.24, 2.45) is 10.9 Å². The number of allylic oxidation sites excluding steroid dienone is 1. The smallest absolute Gasteiger partial charge is 0.168 e. The summed E-state index contributed by atoms with van der Waals surface area (Å²) in [6.45, 7) is 8.97. The quantitative estimate of drug-likeness (QED) is 0.337. The number of Topliss-reactive ketones (excluding diaryl/α,β-unsaturated/α-hetero) is 1. The van der Waals surface area contributed by atoms with Crippen molar-refractivity contribution >= 4 is 22.5 Å². The van der Waals surface area contributed by atoms with Gasteiger partial charge in [-0.3, -0.25) is 14.7 Å². The van der Waals surface area contributed by atoms with Gasteiger partial charge in [0.2, 0.25) is 0 Å². The van der Waals surface area contributed by atoms with E-state index in [1.807, 2.05) is 25.5 Å². The summed E-state index contributed by atoms with van der Waals surface area (Å²) < 4.78 is 0. The van der Waals surface area contributed by atoms with Crippen LogP contribution >= 0.6 is 0 Å². The molecule has 6 rings (SSSR count). The maximum atomic E-state index is 13.8. The molecular formula is C34H43N5O2. The lowest BCUT2D eigenvalue weighted by atomic mass is 9.89. The summed E-state index contributed by atoms with van der Waals surface area (Å²) in [6.07, 6.45) is 13.9. The van der Waals surface area contributed by atoms with E-state index in [1.165, 1.54) is 36.2 Å². The van der Waals surface area contributed by atoms with E-state index in [0.717, 1.165) is 98.1 Å². The standard InChI is InChI=1S/C34H43N5O2/c1-23(16-25-6-9-32(36-20-25)39-12-4-3-5-13-39)34(41)33-24(2)37-31-8-7-27(18-30(31)33)28-17-26(19-35-21-28)22-38-14-10-29(40)11-15-38/h7-8,17-21,23,29,37,40H,3-6,9-16,22H2,1-2H3/t23-/m1/s1. The molecular weight excluding hydrogens is 510 g/mol. The Morgan fingerprint density at radius 3 is 2.61 bits per heavy atom. The fourth-order valence-corrected chi connectivity index (χ4v) is 6.74. The van der Waals surface area contributed by atoms with E-state index in [4.69, 9.17) is 4.99 Å². The highest BCUT2D eigenvalue weighted by atomic mass is 16.3. The van der Waals surface area contributed by atoms with Crippen molar-refractivity contribution in [3.63, 3.8) is 0 Å². The van der Waals surface area contributed by atoms with Gasteiger partial charge < -0.3 is 15.0 Å². The number of aliphatic hydroxyl groups excluding tert-OH is 1. The molecule has 3 aliphatic rings. The highest BCUT2D eigenvalue weighted by Crippen LogP contribution is 2.32. The van der Waals surface area contributed by atoms with Gasteiger partial charge >= 0.3 is 0 Å². The van der Waals surface area contributed by atoms with Gasteiger partial charge in [0.1, 0.15) is 5.84 Å². The average molecular weight is 554 g/mol. The van der Waals surface area contributed by atoms with E-state index in [2.05, 4.69) is 51.0 Å². The number of ketones is 1. The van der Waals surface area contributed by atoms with Gasteiger partial charge in [-0.05, 0) is 81.2 Å². The molecule has 0 radical (unpaired) electrons. The molecule has 0 unspecified atom stereocenters. The average Bonchev–Trinajstić information content (AvgIpc) is 3.33. The zero-order valence-electron chi connectivity index (χ0n) is 24.5. The first kappa shape index (κ1) is 27.9. The van der Waals surface area contributed by atoms with Crippen molar-refractivity contribution in [1.82, 2.24) is 19.8 Å². The topological polar surface area (TPSA) is 84.8 Å². The van der Waals surface area contributed by atoms with Gasteiger partial charge in [0.25, 0.3) is 0 Å². The third-order valence-electron chi connectivity index (χ3n) is 9.13. The van der Waals surface area contributed by atoms with Crippen LogP contribution in [0, 0.1) is 12.8 Å². The van der Waals surface area contributed by atoms with Gasteiger partial charge in [0.15, 0.2) is 5.78 Å². The molecule has 41 heavy (non-hydrogen) atoms. The Balaban J connectivity index is 1.18. The molecule has 216 valence electrons. The van der Waals surface area contributed by atoms with Crippen LogP contribution < -0.4 is 0 Å². The van der Waals surface area contributed by atoms with Gasteiger partial charge in [0.05, 0.1) is 6.10 Å². The van der Waals surface area contributed by atoms with E-state index in [0.29, 0.717) is 0 Å². The van der Waals surface area contributed by atoms with Gasteiger partial charge in [-0.25, -0.2) is 4.99 Å². The Hall–Kier alpha value is -3.29. The van der Waals surface area contributed by atoms with E-state index >= 15 is 0 Å². The number of carbonyl (C=O) groups excluding carboxylic acids is 1. The monoisotopic (exact) mass is 553 g/mol. The molecule has 0 amide bonds. The predicted molar refractivity (Wildman–Crippen MR) is 165 cm³/mol. The molecule has 0 saturated carbocycles. The maximum absolute atomic E-state index is 13.8. The van der Waals surface area contributed by atoms with Crippen LogP contribution in [0.4, 0.5) is 0 Å². The van der Waals surface area contributed by atoms with E-state index in [-0.39, 0.29) is 17.8 Å². The Morgan fingerprint density at radius 2 is 1.85 bits per heavy atom. The summed E-state index contributed by atoms with van der Waals surface area (Å²) in [5, 5.41) is 10.8. The molecule has 7 nitrogen and oxygen atoms in total. The SMILES string of the molecule is Cc1[nH]c2ccc(-c3cncc(CN4CCC(O)CC4)c3)cc2c1C(=O)[C@H](C)CC1=CN=C(N2CCCCC2)CC1. The number of likely N-dealkylation sites (tertiary alicyclic amines) is 2. The molecule has 5 heterocycles. The first-order chi connectivity index (χ1) is 19.9. The van der Waals surface area contributed by atoms with Crippen LogP contribution in [-0.4, -0.2) is 68.8 Å². The number of aliphatic imine (C=N–C) groups is 1. The van der Waals surface area contributed by atoms with Crippen molar-refractivity contribution in [3.05, 3.63) is 65.3 Å². The minimum Gasteiger partial charge on any atom is -0.393 e. The number of rotatable bonds is 7. The van der Waals surface area contributed by atoms with Crippen molar-refractivity contribution in [2.45, 2.75) is 77.9 Å². The number of benzene rings is 1. The van der Waals surface area contributed by atoms with Gasteiger partial charge in [-0.2, -0.15) is 0 Å². The van der Waals surface area contributed by atoms with Crippen LogP contribution in [-0.2, 0) is 6.54 Å². The molecule has 0 spiro atoms. The second-order valence-electron chi connectivity index (χ2n) is 12.3. The number of fused-ring (bicyclic) bond motifs is 1. The minimum absolute atomic E-state index is 0.109. The number of nitrogens with one attached hydrogen (secondary N) is 1. The normalized spacial score (nSPS) is 19.7. The molecule has 3 aliphatic heterocycles. The molecule has 0 bridgehead atoms. The molecule has 1 aromatic carbocycles. The largest absolute Gasteiger partial charge is 0.393 e. The molecule has 7 heteroatoms. The number of aryl methyl sites for hydroxylation is 1. The van der Waals surface area contributed by atoms with E-state index in [1.54, 1.807) is 0 Å². The fourth-order valence-electron chi connectivity index (χ4n) is 6.74. The number of amidine groups is 1. The van der Waals surface area contributed by atoms with Gasteiger partial charge in [-0.15, -0.1) is 0 Å². The van der Waals surface area contributed by atoms with Crippen LogP contribution in [0.15, 0.2) is 53.4 Å². The van der Waals surface area contributed by atoms with E-state index in [9.17, 15) is 9.90 Å². The lowest BCUT2D eigenvalue weighted by molar-refractivity contribution is 0.0792. The first-order valence-corrected chi connectivity index (χ1v) is 15.5. The summed E-state index contributed by atoms with van der Waals surface area (Å²) in [6, 6.07) is 8.54. The van der Waals surface area contributed by atoms with Gasteiger partial charge in [-0.1, -0.05) is 18.6 Å². The highest BCUT2D eigenvalue weighted by molar-refractivity contribution is 6.11. The van der Waals surface area contributed by atoms with Crippen molar-refractivity contribution in [1.29, 1.82) is 0 Å². The van der Waals surface area contributed by atoms with Crippen LogP contribution in [0.25, 0.3) is 22.0 Å². The second kappa shape index (κ2) is 12.3. The van der Waals surface area contributed by atoms with Crippen molar-refractivity contribution in [2.75, 3.05) is 26.2 Å². The second-order valence-corrected chi connectivity index (χ2v) is 12.3. The third kappa shape index (κ3) is 6.31. The molecule has 0 aliphatic carbocycles. The van der Waals surface area contributed by atoms with Crippen molar-refractivity contribution < 1.29 is 9.90 Å². The van der Waals surface area contributed by atoms with E-state index < -0.39 is 0 Å². The Kier molecular flexibility index (Phi) is 8.35. The summed E-state index contributed by atoms with van der Waals surface area (Å²) in [5.74, 6) is 1.31. The van der Waals surface area contributed by atoms with Crippen molar-refractivity contribution in [3.8, 4) is 11.1 Å². The van der Waals surface area contributed by atoms with Crippen LogP contribution in [0.2, 0.25) is 0 Å². The summed E-state index contributed by atoms with van der Waals surface area (Å²) in [7, 11) is 0. The first-order valence-electron chi connectivity index (χ1n) is 15.5. The van der Waals surface area contributed by atoms with Crippen LogP contribution in [0.3, 0.4) is 0 Å². The number of hydrogen-bond acceptors (Lipinski definition) is 6. The Bertz CT molecular complexity index is 1460. The third-order valence-corrected chi connectivity index (χ3v) is 9.13. The lowest BCUT2D eigenvalue weighted by Crippen LogP contribution is -2.36. The number of nitrogens with zero attached hydrogens (tertiary/aromatic N) is 4. The molecule has 1 atom stereocenters. The number of aromatic amines is 1. The number of carbonyl (C=O) groups is 1. The molecule has 2 aromatic heterocycles. The number of aromatic nitrogens is 2. The molecule has 2 fully saturated rings. The Morgan fingerprint density at radius 1 is 1.05 bits per heavy atom. The number of aliphatic hydroxyl groups is 1. The number of hydrogen-bond donors (Lipinski definition) is 2. The zero-order chi connectivity index (χ0) is 28.3. The number of H-pyrrole nitrogens is 1. The lowest BCUT2D eigenvalue weighted by Gasteiger charge is -2.31. The number of pyridine rings is 1. The summed E-state index contributed by atoms with van der Waals surface area (Å²) >= 11 is 0. The molecule has 2 saturated heterocycles. The Labute approximate surface area is 243 Å². The summed E-state index contributed by atoms with van der Waals surface area (Å²) in [4.78, 5) is 31.5.